The van der Waals surface area contributed by atoms with Gasteiger partial charge in [-0.05, 0) is 55.9 Å². The highest BCUT2D eigenvalue weighted by molar-refractivity contribution is 7.80. The van der Waals surface area contributed by atoms with Gasteiger partial charge in [-0.3, -0.25) is 15.2 Å². The second-order valence-corrected chi connectivity index (χ2v) is 7.91. The molecule has 0 bridgehead atoms. The van der Waals surface area contributed by atoms with Gasteiger partial charge in [-0.25, -0.2) is 0 Å². The molecule has 0 unspecified atom stereocenters. The van der Waals surface area contributed by atoms with Gasteiger partial charge in [0.25, 0.3) is 5.91 Å². The predicted octanol–water partition coefficient (Wildman–Crippen LogP) is 5.06. The number of hydrogen-bond donors (Lipinski definition) is 3. The maximum Gasteiger partial charge on any atom is 0.261 e. The summed E-state index contributed by atoms with van der Waals surface area (Å²) in [5.74, 6) is -0.244. The standard InChI is InChI=1S/C21H20Cl2N4O2S/c1-11-16(12(2)27-26-11)8-13-4-6-15(7-5-13)24-21(30)25-20(28)17-9-14(22)10-18(23)19(17)29-3/h4-7,9-10H,8H2,1-3H3,(H,26,27)(H2,24,25,28,30). The van der Waals surface area contributed by atoms with E-state index >= 15 is 0 Å². The maximum atomic E-state index is 12.6. The lowest BCUT2D eigenvalue weighted by Gasteiger charge is -2.13. The molecule has 9 heteroatoms. The SMILES string of the molecule is COc1c(Cl)cc(Cl)cc1C(=O)NC(=S)Nc1ccc(Cc2c(C)n[nH]c2C)cc1. The van der Waals surface area contributed by atoms with Crippen molar-refractivity contribution >= 4 is 52.1 Å². The highest BCUT2D eigenvalue weighted by atomic mass is 35.5. The first-order valence-electron chi connectivity index (χ1n) is 9.03. The third-order valence-corrected chi connectivity index (χ3v) is 5.26. The van der Waals surface area contributed by atoms with E-state index in [4.69, 9.17) is 40.2 Å². The molecule has 30 heavy (non-hydrogen) atoms. The summed E-state index contributed by atoms with van der Waals surface area (Å²) in [5, 5.41) is 13.5. The number of ether oxygens (including phenoxy) is 1. The third-order valence-electron chi connectivity index (χ3n) is 4.56. The number of H-pyrrole nitrogens is 1. The number of thiocarbonyl (C=S) groups is 1. The van der Waals surface area contributed by atoms with E-state index in [9.17, 15) is 4.79 Å². The number of rotatable bonds is 5. The lowest BCUT2D eigenvalue weighted by Crippen LogP contribution is -2.34. The Hall–Kier alpha value is -2.61. The van der Waals surface area contributed by atoms with Crippen LogP contribution in [0.2, 0.25) is 10.0 Å². The Bertz CT molecular complexity index is 1080. The molecule has 1 heterocycles. The Balaban J connectivity index is 1.65. The molecular formula is C21H20Cl2N4O2S. The number of nitrogens with zero attached hydrogens (tertiary/aromatic N) is 1. The fourth-order valence-corrected chi connectivity index (χ4v) is 3.79. The molecule has 0 spiro atoms. The fraction of sp³-hybridized carbons (Fsp3) is 0.190. The Morgan fingerprint density at radius 3 is 2.50 bits per heavy atom. The zero-order valence-corrected chi connectivity index (χ0v) is 18.9. The molecule has 156 valence electrons. The van der Waals surface area contributed by atoms with Crippen LogP contribution < -0.4 is 15.4 Å². The van der Waals surface area contributed by atoms with Crippen LogP contribution in [0.25, 0.3) is 0 Å². The number of hydrogen-bond acceptors (Lipinski definition) is 4. The van der Waals surface area contributed by atoms with Crippen molar-refractivity contribution in [3.05, 3.63) is 74.5 Å². The van der Waals surface area contributed by atoms with Crippen molar-refractivity contribution in [2.75, 3.05) is 12.4 Å². The monoisotopic (exact) mass is 462 g/mol. The van der Waals surface area contributed by atoms with E-state index in [-0.39, 0.29) is 21.4 Å². The zero-order valence-electron chi connectivity index (χ0n) is 16.6. The molecule has 3 N–H and O–H groups in total. The van der Waals surface area contributed by atoms with Gasteiger partial charge in [0.2, 0.25) is 0 Å². The van der Waals surface area contributed by atoms with Gasteiger partial charge in [0.15, 0.2) is 5.11 Å². The molecular weight excluding hydrogens is 443 g/mol. The first-order chi connectivity index (χ1) is 14.3. The number of halogens is 2. The maximum absolute atomic E-state index is 12.6. The highest BCUT2D eigenvalue weighted by Crippen LogP contribution is 2.32. The number of aromatic amines is 1. The van der Waals surface area contributed by atoms with Crippen LogP contribution in [0.3, 0.4) is 0 Å². The minimum atomic E-state index is -0.476. The quantitative estimate of drug-likeness (QED) is 0.461. The van der Waals surface area contributed by atoms with E-state index in [0.717, 1.165) is 29.1 Å². The van der Waals surface area contributed by atoms with Crippen LogP contribution in [-0.2, 0) is 6.42 Å². The molecule has 6 nitrogen and oxygen atoms in total. The molecule has 3 aromatic rings. The number of aryl methyl sites for hydroxylation is 2. The number of carbonyl (C=O) groups is 1. The number of nitrogens with one attached hydrogen (secondary N) is 3. The van der Waals surface area contributed by atoms with Gasteiger partial charge in [-0.1, -0.05) is 35.3 Å². The molecule has 0 saturated carbocycles. The summed E-state index contributed by atoms with van der Waals surface area (Å²) >= 11 is 17.3. The Morgan fingerprint density at radius 1 is 1.20 bits per heavy atom. The van der Waals surface area contributed by atoms with E-state index in [1.54, 1.807) is 0 Å². The number of amides is 1. The van der Waals surface area contributed by atoms with Crippen LogP contribution in [0.1, 0.15) is 32.9 Å². The van der Waals surface area contributed by atoms with Crippen LogP contribution >= 0.6 is 35.4 Å². The minimum absolute atomic E-state index is 0.146. The lowest BCUT2D eigenvalue weighted by atomic mass is 10.0. The average molecular weight is 463 g/mol. The third kappa shape index (κ3) is 5.11. The van der Waals surface area contributed by atoms with Crippen LogP contribution in [0.15, 0.2) is 36.4 Å². The summed E-state index contributed by atoms with van der Waals surface area (Å²) in [5.41, 5.74) is 5.33. The molecule has 2 aromatic carbocycles. The van der Waals surface area contributed by atoms with Gasteiger partial charge in [0.1, 0.15) is 5.75 Å². The summed E-state index contributed by atoms with van der Waals surface area (Å²) in [6.45, 7) is 3.99. The van der Waals surface area contributed by atoms with E-state index in [2.05, 4.69) is 20.8 Å². The second-order valence-electron chi connectivity index (χ2n) is 6.66. The smallest absolute Gasteiger partial charge is 0.261 e. The first-order valence-corrected chi connectivity index (χ1v) is 10.2. The van der Waals surface area contributed by atoms with Crippen molar-refractivity contribution in [3.63, 3.8) is 0 Å². The van der Waals surface area contributed by atoms with Crippen LogP contribution in [0.4, 0.5) is 5.69 Å². The molecule has 0 saturated heterocycles. The summed E-state index contributed by atoms with van der Waals surface area (Å²) in [6, 6.07) is 10.8. The minimum Gasteiger partial charge on any atom is -0.494 e. The van der Waals surface area contributed by atoms with Crippen molar-refractivity contribution in [3.8, 4) is 5.75 Å². The number of anilines is 1. The summed E-state index contributed by atoms with van der Waals surface area (Å²) in [7, 11) is 1.43. The molecule has 0 radical (unpaired) electrons. The second kappa shape index (κ2) is 9.47. The molecule has 0 fully saturated rings. The van der Waals surface area contributed by atoms with Gasteiger partial charge in [0.05, 0.1) is 23.4 Å². The van der Waals surface area contributed by atoms with E-state index in [0.29, 0.717) is 5.02 Å². The zero-order chi connectivity index (χ0) is 21.8. The first kappa shape index (κ1) is 22.1. The Labute approximate surface area is 189 Å². The van der Waals surface area contributed by atoms with Gasteiger partial charge >= 0.3 is 0 Å². The number of benzene rings is 2. The predicted molar refractivity (Wildman–Crippen MR) is 124 cm³/mol. The summed E-state index contributed by atoms with van der Waals surface area (Å²) in [6.07, 6.45) is 0.783. The van der Waals surface area contributed by atoms with E-state index < -0.39 is 5.91 Å². The molecule has 0 aliphatic carbocycles. The van der Waals surface area contributed by atoms with Crippen molar-refractivity contribution in [2.45, 2.75) is 20.3 Å². The lowest BCUT2D eigenvalue weighted by molar-refractivity contribution is 0.0975. The van der Waals surface area contributed by atoms with E-state index in [1.165, 1.54) is 24.8 Å². The highest BCUT2D eigenvalue weighted by Gasteiger charge is 2.18. The van der Waals surface area contributed by atoms with Crippen molar-refractivity contribution in [2.24, 2.45) is 0 Å². The number of carbonyl (C=O) groups excluding carboxylic acids is 1. The van der Waals surface area contributed by atoms with Crippen molar-refractivity contribution in [1.82, 2.24) is 15.5 Å². The number of methoxy groups -OCH3 is 1. The largest absolute Gasteiger partial charge is 0.494 e. The van der Waals surface area contributed by atoms with E-state index in [1.807, 2.05) is 38.1 Å². The van der Waals surface area contributed by atoms with Crippen molar-refractivity contribution < 1.29 is 9.53 Å². The van der Waals surface area contributed by atoms with Crippen LogP contribution in [0.5, 0.6) is 5.75 Å². The van der Waals surface area contributed by atoms with Crippen LogP contribution in [-0.4, -0.2) is 28.3 Å². The van der Waals surface area contributed by atoms with Gasteiger partial charge in [-0.2, -0.15) is 5.10 Å². The normalized spacial score (nSPS) is 10.6. The number of aromatic nitrogens is 2. The van der Waals surface area contributed by atoms with Gasteiger partial charge in [0, 0.05) is 28.4 Å². The molecule has 1 amide bonds. The Morgan fingerprint density at radius 2 is 1.90 bits per heavy atom. The Kier molecular flexibility index (Phi) is 6.97. The topological polar surface area (TPSA) is 79.0 Å². The molecule has 0 aliphatic rings. The van der Waals surface area contributed by atoms with Gasteiger partial charge in [-0.15, -0.1) is 0 Å². The van der Waals surface area contributed by atoms with Crippen LogP contribution in [0, 0.1) is 13.8 Å². The molecule has 3 rings (SSSR count). The van der Waals surface area contributed by atoms with Gasteiger partial charge < -0.3 is 10.1 Å². The summed E-state index contributed by atoms with van der Waals surface area (Å²) < 4.78 is 5.20. The summed E-state index contributed by atoms with van der Waals surface area (Å²) in [4.78, 5) is 12.6. The fourth-order valence-electron chi connectivity index (χ4n) is 3.01. The average Bonchev–Trinajstić information content (AvgIpc) is 3.00. The molecule has 0 atom stereocenters. The van der Waals surface area contributed by atoms with Crippen molar-refractivity contribution in [1.29, 1.82) is 0 Å². The molecule has 0 aliphatic heterocycles. The molecule has 1 aromatic heterocycles.